The number of hydrogen-bond acceptors (Lipinski definition) is 0. The summed E-state index contributed by atoms with van der Waals surface area (Å²) in [6, 6.07) is 36.7. The summed E-state index contributed by atoms with van der Waals surface area (Å²) in [5.41, 5.74) is 16.6. The highest BCUT2D eigenvalue weighted by Crippen LogP contribution is 2.57. The van der Waals surface area contributed by atoms with Crippen molar-refractivity contribution in [2.75, 3.05) is 0 Å². The zero-order valence-corrected chi connectivity index (χ0v) is 23.4. The fraction of sp³-hybridized carbons (Fsp3) is 0.211. The first-order chi connectivity index (χ1) is 18.8. The highest BCUT2D eigenvalue weighted by molar-refractivity contribution is 6.09. The predicted octanol–water partition coefficient (Wildman–Crippen LogP) is 9.96. The van der Waals surface area contributed by atoms with Crippen LogP contribution in [0.1, 0.15) is 62.4 Å². The van der Waals surface area contributed by atoms with E-state index in [0.717, 1.165) is 6.42 Å². The molecule has 0 fully saturated rings. The number of hydrogen-bond donors (Lipinski definition) is 0. The van der Waals surface area contributed by atoms with Crippen molar-refractivity contribution >= 4 is 21.8 Å². The molecule has 0 spiro atoms. The van der Waals surface area contributed by atoms with Crippen LogP contribution in [-0.2, 0) is 17.3 Å². The van der Waals surface area contributed by atoms with Crippen LogP contribution < -0.4 is 0 Å². The van der Waals surface area contributed by atoms with Crippen LogP contribution >= 0.6 is 0 Å². The summed E-state index contributed by atoms with van der Waals surface area (Å²) in [6.45, 7) is 11.9. The lowest BCUT2D eigenvalue weighted by Crippen LogP contribution is -2.17. The molecule has 5 aromatic carbocycles. The van der Waals surface area contributed by atoms with Crippen LogP contribution in [0.15, 0.2) is 97.1 Å². The summed E-state index contributed by atoms with van der Waals surface area (Å²) in [7, 11) is 0. The molecule has 1 heterocycles. The average molecular weight is 504 g/mol. The number of fused-ring (bicyclic) bond motifs is 9. The number of aryl methyl sites for hydroxylation is 1. The third kappa shape index (κ3) is 2.80. The van der Waals surface area contributed by atoms with Crippen molar-refractivity contribution in [3.63, 3.8) is 0 Å². The topological polar surface area (TPSA) is 4.93 Å². The molecule has 2 aliphatic carbocycles. The van der Waals surface area contributed by atoms with Gasteiger partial charge < -0.3 is 4.57 Å². The lowest BCUT2D eigenvalue weighted by atomic mass is 9.79. The fourth-order valence-corrected chi connectivity index (χ4v) is 7.71. The summed E-state index contributed by atoms with van der Waals surface area (Å²) in [6.07, 6.45) is 1.06. The second-order valence-electron chi connectivity index (χ2n) is 12.5. The molecule has 1 nitrogen and oxygen atoms in total. The maximum atomic E-state index is 2.54. The smallest absolute Gasteiger partial charge is 0.0541 e. The highest BCUT2D eigenvalue weighted by Gasteiger charge is 2.42. The van der Waals surface area contributed by atoms with Gasteiger partial charge in [0.2, 0.25) is 0 Å². The Hall–Kier alpha value is -4.10. The third-order valence-corrected chi connectivity index (χ3v) is 9.78. The molecule has 0 radical (unpaired) electrons. The number of para-hydroxylation sites is 2. The van der Waals surface area contributed by atoms with Crippen molar-refractivity contribution in [1.82, 2.24) is 4.57 Å². The number of aromatic nitrogens is 1. The molecule has 0 unspecified atom stereocenters. The molecule has 1 heteroatoms. The summed E-state index contributed by atoms with van der Waals surface area (Å²) in [5.74, 6) is 0. The van der Waals surface area contributed by atoms with Crippen LogP contribution in [0.3, 0.4) is 0 Å². The lowest BCUT2D eigenvalue weighted by molar-refractivity contribution is 0.651. The van der Waals surface area contributed by atoms with Gasteiger partial charge in [-0.1, -0.05) is 95.3 Å². The molecule has 0 amide bonds. The molecular formula is C38H33N. The second-order valence-corrected chi connectivity index (χ2v) is 12.5. The van der Waals surface area contributed by atoms with Crippen LogP contribution in [0.25, 0.3) is 49.7 Å². The second kappa shape index (κ2) is 7.51. The SMILES string of the molecule is CCc1cccc2c1-c1cc3c(cc1C2(C)C)-c1ccc(-n2c4ccccc4c4ccccc42)cc1C3(C)C. The van der Waals surface area contributed by atoms with Gasteiger partial charge in [0.25, 0.3) is 0 Å². The molecule has 1 aromatic heterocycles. The number of nitrogens with zero attached hydrogens (tertiary/aromatic N) is 1. The van der Waals surface area contributed by atoms with E-state index in [2.05, 4.69) is 136 Å². The Labute approximate surface area is 230 Å². The molecule has 0 N–H and O–H groups in total. The monoisotopic (exact) mass is 503 g/mol. The largest absolute Gasteiger partial charge is 0.309 e. The molecular weight excluding hydrogens is 470 g/mol. The van der Waals surface area contributed by atoms with E-state index in [4.69, 9.17) is 0 Å². The van der Waals surface area contributed by atoms with Crippen LogP contribution in [0.2, 0.25) is 0 Å². The van der Waals surface area contributed by atoms with E-state index in [1.165, 1.54) is 77.6 Å². The van der Waals surface area contributed by atoms with Crippen molar-refractivity contribution in [2.24, 2.45) is 0 Å². The standard InChI is InChI=1S/C38H33N/c1-6-23-12-11-15-30-36(23)29-22-32-28(21-33(29)37(30,2)3)25-19-18-24(20-31(25)38(32,4)5)39-34-16-9-7-13-26(34)27-14-8-10-17-35(27)39/h7-22H,6H2,1-5H3. The van der Waals surface area contributed by atoms with E-state index in [0.29, 0.717) is 0 Å². The Kier molecular flexibility index (Phi) is 4.40. The Morgan fingerprint density at radius 2 is 1.13 bits per heavy atom. The molecule has 0 saturated carbocycles. The van der Waals surface area contributed by atoms with Gasteiger partial charge in [0.15, 0.2) is 0 Å². The normalized spacial score (nSPS) is 15.8. The van der Waals surface area contributed by atoms with Gasteiger partial charge in [0.1, 0.15) is 0 Å². The Morgan fingerprint density at radius 3 is 1.82 bits per heavy atom. The van der Waals surface area contributed by atoms with Gasteiger partial charge in [0, 0.05) is 27.3 Å². The zero-order chi connectivity index (χ0) is 26.7. The molecule has 39 heavy (non-hydrogen) atoms. The Morgan fingerprint density at radius 1 is 0.538 bits per heavy atom. The van der Waals surface area contributed by atoms with Gasteiger partial charge in [-0.2, -0.15) is 0 Å². The van der Waals surface area contributed by atoms with E-state index in [1.54, 1.807) is 0 Å². The van der Waals surface area contributed by atoms with Crippen molar-refractivity contribution in [1.29, 1.82) is 0 Å². The summed E-state index contributed by atoms with van der Waals surface area (Å²) >= 11 is 0. The van der Waals surface area contributed by atoms with E-state index >= 15 is 0 Å². The van der Waals surface area contributed by atoms with Crippen LogP contribution in [-0.4, -0.2) is 4.57 Å². The molecule has 0 bridgehead atoms. The first-order valence-corrected chi connectivity index (χ1v) is 14.3. The summed E-state index contributed by atoms with van der Waals surface area (Å²) in [5, 5.41) is 2.61. The van der Waals surface area contributed by atoms with Crippen LogP contribution in [0, 0.1) is 0 Å². The van der Waals surface area contributed by atoms with Crippen molar-refractivity contribution < 1.29 is 0 Å². The predicted molar refractivity (Wildman–Crippen MR) is 165 cm³/mol. The van der Waals surface area contributed by atoms with Crippen molar-refractivity contribution in [3.05, 3.63) is 125 Å². The van der Waals surface area contributed by atoms with Gasteiger partial charge >= 0.3 is 0 Å². The van der Waals surface area contributed by atoms with Crippen molar-refractivity contribution in [2.45, 2.75) is 51.9 Å². The highest BCUT2D eigenvalue weighted by atomic mass is 15.0. The first-order valence-electron chi connectivity index (χ1n) is 14.3. The fourth-order valence-electron chi connectivity index (χ4n) is 7.71. The van der Waals surface area contributed by atoms with Crippen LogP contribution in [0.5, 0.6) is 0 Å². The zero-order valence-electron chi connectivity index (χ0n) is 23.4. The van der Waals surface area contributed by atoms with E-state index < -0.39 is 0 Å². The summed E-state index contributed by atoms with van der Waals surface area (Å²) < 4.78 is 2.44. The Bertz CT molecular complexity index is 1940. The maximum Gasteiger partial charge on any atom is 0.0541 e. The minimum Gasteiger partial charge on any atom is -0.309 e. The molecule has 6 aromatic rings. The lowest BCUT2D eigenvalue weighted by Gasteiger charge is -2.24. The number of benzene rings is 5. The Balaban J connectivity index is 1.36. The minimum absolute atomic E-state index is 0.000680. The number of rotatable bonds is 2. The molecule has 0 aliphatic heterocycles. The third-order valence-electron chi connectivity index (χ3n) is 9.78. The molecule has 8 rings (SSSR count). The molecule has 0 saturated heterocycles. The average Bonchev–Trinajstić information content (AvgIpc) is 3.49. The maximum absolute atomic E-state index is 2.54. The molecule has 190 valence electrons. The quantitative estimate of drug-likeness (QED) is 0.221. The van der Waals surface area contributed by atoms with E-state index in [9.17, 15) is 0 Å². The molecule has 0 atom stereocenters. The van der Waals surface area contributed by atoms with E-state index in [-0.39, 0.29) is 10.8 Å². The van der Waals surface area contributed by atoms with Crippen molar-refractivity contribution in [3.8, 4) is 27.9 Å². The summed E-state index contributed by atoms with van der Waals surface area (Å²) in [4.78, 5) is 0. The van der Waals surface area contributed by atoms with Gasteiger partial charge in [-0.15, -0.1) is 0 Å². The van der Waals surface area contributed by atoms with Gasteiger partial charge in [-0.25, -0.2) is 0 Å². The minimum atomic E-state index is -0.0808. The van der Waals surface area contributed by atoms with Gasteiger partial charge in [-0.05, 0) is 92.9 Å². The van der Waals surface area contributed by atoms with E-state index in [1.807, 2.05) is 0 Å². The van der Waals surface area contributed by atoms with Crippen LogP contribution in [0.4, 0.5) is 0 Å². The van der Waals surface area contributed by atoms with Gasteiger partial charge in [-0.3, -0.25) is 0 Å². The first kappa shape index (κ1) is 22.8. The van der Waals surface area contributed by atoms with Gasteiger partial charge in [0.05, 0.1) is 11.0 Å². The molecule has 2 aliphatic rings.